The average molecular weight is 386 g/mol. The average Bonchev–Trinajstić information content (AvgIpc) is 3.58. The van der Waals surface area contributed by atoms with Crippen LogP contribution in [0.4, 0.5) is 9.52 Å². The third-order valence-electron chi connectivity index (χ3n) is 6.34. The van der Waals surface area contributed by atoms with Crippen LogP contribution in [0.1, 0.15) is 54.2 Å². The van der Waals surface area contributed by atoms with Gasteiger partial charge in [0, 0.05) is 23.1 Å². The zero-order chi connectivity index (χ0) is 18.4. The Bertz CT molecular complexity index is 870. The normalized spacial score (nSPS) is 23.4. The van der Waals surface area contributed by atoms with Gasteiger partial charge in [-0.3, -0.25) is 4.79 Å². The molecule has 4 nitrogen and oxygen atoms in total. The van der Waals surface area contributed by atoms with Crippen molar-refractivity contribution in [3.05, 3.63) is 46.2 Å². The Labute approximate surface area is 162 Å². The first-order chi connectivity index (χ1) is 13.1. The Morgan fingerprint density at radius 2 is 2.07 bits per heavy atom. The highest BCUT2D eigenvalue weighted by molar-refractivity contribution is 7.15. The number of nitrogens with one attached hydrogen (secondary N) is 2. The van der Waals surface area contributed by atoms with Crippen LogP contribution in [0.15, 0.2) is 24.3 Å². The standard InChI is InChI=1S/C21H24FN3OS/c22-16-4-2-1-3-14(16)11-17-18(13-5-6-13)24-20(27-17)25-19(26)15-12-21(15)7-9-23-10-8-21/h1-4,13,15,23H,5-12H2,(H,24,25,26). The topological polar surface area (TPSA) is 54.0 Å². The molecule has 2 saturated carbocycles. The van der Waals surface area contributed by atoms with E-state index in [0.717, 1.165) is 55.8 Å². The third kappa shape index (κ3) is 3.41. The molecule has 2 N–H and O–H groups in total. The lowest BCUT2D eigenvalue weighted by molar-refractivity contribution is -0.118. The van der Waals surface area contributed by atoms with Gasteiger partial charge in [0.2, 0.25) is 5.91 Å². The van der Waals surface area contributed by atoms with E-state index in [1.165, 1.54) is 17.4 Å². The van der Waals surface area contributed by atoms with E-state index in [9.17, 15) is 9.18 Å². The molecule has 1 atom stereocenters. The Morgan fingerprint density at radius 3 is 2.81 bits per heavy atom. The van der Waals surface area contributed by atoms with E-state index in [0.29, 0.717) is 23.0 Å². The number of rotatable bonds is 5. The Kier molecular flexibility index (Phi) is 4.28. The predicted octanol–water partition coefficient (Wildman–Crippen LogP) is 4.08. The smallest absolute Gasteiger partial charge is 0.229 e. The minimum atomic E-state index is -0.177. The molecule has 2 aliphatic carbocycles. The van der Waals surface area contributed by atoms with Gasteiger partial charge in [0.05, 0.1) is 5.69 Å². The SMILES string of the molecule is O=C(Nc1nc(C2CC2)c(Cc2ccccc2F)s1)C1CC12CCNCC2. The van der Waals surface area contributed by atoms with Crippen molar-refractivity contribution in [3.63, 3.8) is 0 Å². The predicted molar refractivity (Wildman–Crippen MR) is 105 cm³/mol. The lowest BCUT2D eigenvalue weighted by atomic mass is 9.92. The van der Waals surface area contributed by atoms with Gasteiger partial charge in [-0.2, -0.15) is 0 Å². The van der Waals surface area contributed by atoms with Crippen molar-refractivity contribution in [2.45, 2.75) is 44.4 Å². The molecule has 1 unspecified atom stereocenters. The highest BCUT2D eigenvalue weighted by Crippen LogP contribution is 2.59. The molecule has 1 saturated heterocycles. The number of nitrogens with zero attached hydrogens (tertiary/aromatic N) is 1. The second-order valence-electron chi connectivity index (χ2n) is 8.23. The minimum Gasteiger partial charge on any atom is -0.317 e. The van der Waals surface area contributed by atoms with Crippen LogP contribution in [0, 0.1) is 17.2 Å². The van der Waals surface area contributed by atoms with Gasteiger partial charge in [-0.1, -0.05) is 18.2 Å². The first kappa shape index (κ1) is 17.3. The number of piperidine rings is 1. The molecule has 1 aromatic carbocycles. The van der Waals surface area contributed by atoms with Gasteiger partial charge in [0.15, 0.2) is 5.13 Å². The van der Waals surface area contributed by atoms with Gasteiger partial charge in [-0.25, -0.2) is 9.37 Å². The summed E-state index contributed by atoms with van der Waals surface area (Å²) >= 11 is 1.52. The second-order valence-corrected chi connectivity index (χ2v) is 9.31. The van der Waals surface area contributed by atoms with Crippen LogP contribution in [0.25, 0.3) is 0 Å². The van der Waals surface area contributed by atoms with E-state index in [2.05, 4.69) is 10.6 Å². The summed E-state index contributed by atoms with van der Waals surface area (Å²) in [5.74, 6) is 0.544. The molecule has 2 aromatic rings. The van der Waals surface area contributed by atoms with Crippen LogP contribution in [0.5, 0.6) is 0 Å². The van der Waals surface area contributed by atoms with E-state index in [1.54, 1.807) is 6.07 Å². The van der Waals surface area contributed by atoms with Gasteiger partial charge in [-0.15, -0.1) is 11.3 Å². The molecule has 2 heterocycles. The summed E-state index contributed by atoms with van der Waals surface area (Å²) in [4.78, 5) is 18.6. The van der Waals surface area contributed by atoms with Crippen LogP contribution in [0.3, 0.4) is 0 Å². The number of carbonyl (C=O) groups is 1. The number of hydrogen-bond donors (Lipinski definition) is 2. The van der Waals surface area contributed by atoms with E-state index in [1.807, 2.05) is 12.1 Å². The zero-order valence-electron chi connectivity index (χ0n) is 15.3. The highest BCUT2D eigenvalue weighted by atomic mass is 32.1. The number of hydrogen-bond acceptors (Lipinski definition) is 4. The molecule has 142 valence electrons. The monoisotopic (exact) mass is 385 g/mol. The fraction of sp³-hybridized carbons (Fsp3) is 0.524. The van der Waals surface area contributed by atoms with E-state index in [-0.39, 0.29) is 23.1 Å². The molecule has 6 heteroatoms. The highest BCUT2D eigenvalue weighted by Gasteiger charge is 2.57. The lowest BCUT2D eigenvalue weighted by Gasteiger charge is -2.22. The number of thiazole rings is 1. The van der Waals surface area contributed by atoms with Crippen molar-refractivity contribution in [1.29, 1.82) is 0 Å². The molecule has 0 radical (unpaired) electrons. The molecular formula is C21H24FN3OS. The molecule has 1 spiro atoms. The fourth-order valence-corrected chi connectivity index (χ4v) is 5.50. The molecule has 1 amide bonds. The van der Waals surface area contributed by atoms with E-state index in [4.69, 9.17) is 4.98 Å². The summed E-state index contributed by atoms with van der Waals surface area (Å²) in [5.41, 5.74) is 1.98. The van der Waals surface area contributed by atoms with Crippen LogP contribution in [0.2, 0.25) is 0 Å². The van der Waals surface area contributed by atoms with Crippen molar-refractivity contribution in [2.24, 2.45) is 11.3 Å². The molecule has 3 fully saturated rings. The van der Waals surface area contributed by atoms with E-state index < -0.39 is 0 Å². The molecule has 27 heavy (non-hydrogen) atoms. The molecule has 1 aliphatic heterocycles. The summed E-state index contributed by atoms with van der Waals surface area (Å²) in [5, 5.41) is 7.13. The van der Waals surface area contributed by atoms with Gasteiger partial charge in [-0.05, 0) is 62.2 Å². The van der Waals surface area contributed by atoms with Gasteiger partial charge >= 0.3 is 0 Å². The van der Waals surface area contributed by atoms with Crippen LogP contribution in [-0.4, -0.2) is 24.0 Å². The summed E-state index contributed by atoms with van der Waals surface area (Å²) in [6.45, 7) is 2.03. The van der Waals surface area contributed by atoms with Crippen molar-refractivity contribution < 1.29 is 9.18 Å². The maximum absolute atomic E-state index is 14.1. The molecule has 0 bridgehead atoms. The third-order valence-corrected chi connectivity index (χ3v) is 7.32. The largest absolute Gasteiger partial charge is 0.317 e. The van der Waals surface area contributed by atoms with Crippen LogP contribution in [-0.2, 0) is 11.2 Å². The quantitative estimate of drug-likeness (QED) is 0.815. The first-order valence-corrected chi connectivity index (χ1v) is 10.7. The Balaban J connectivity index is 1.32. The fourth-order valence-electron chi connectivity index (χ4n) is 4.42. The first-order valence-electron chi connectivity index (χ1n) is 9.89. The number of halogens is 1. The molecule has 5 rings (SSSR count). The summed E-state index contributed by atoms with van der Waals surface area (Å²) in [7, 11) is 0. The van der Waals surface area contributed by atoms with Gasteiger partial charge < -0.3 is 10.6 Å². The summed E-state index contributed by atoms with van der Waals surface area (Å²) in [6, 6.07) is 6.91. The number of carbonyl (C=O) groups excluding carboxylic acids is 1. The zero-order valence-corrected chi connectivity index (χ0v) is 16.1. The summed E-state index contributed by atoms with van der Waals surface area (Å²) in [6.07, 6.45) is 6.01. The number of amides is 1. The number of benzene rings is 1. The maximum atomic E-state index is 14.1. The van der Waals surface area contributed by atoms with Crippen LogP contribution < -0.4 is 10.6 Å². The summed E-state index contributed by atoms with van der Waals surface area (Å²) < 4.78 is 14.1. The molecular weight excluding hydrogens is 361 g/mol. The number of anilines is 1. The molecule has 1 aromatic heterocycles. The second kappa shape index (κ2) is 6.67. The lowest BCUT2D eigenvalue weighted by Crippen LogP contribution is -2.31. The van der Waals surface area contributed by atoms with Crippen molar-refractivity contribution in [3.8, 4) is 0 Å². The van der Waals surface area contributed by atoms with E-state index >= 15 is 0 Å². The Morgan fingerprint density at radius 1 is 1.30 bits per heavy atom. The van der Waals surface area contributed by atoms with Crippen molar-refractivity contribution in [2.75, 3.05) is 18.4 Å². The van der Waals surface area contributed by atoms with Gasteiger partial charge in [0.1, 0.15) is 5.82 Å². The van der Waals surface area contributed by atoms with Crippen LogP contribution >= 0.6 is 11.3 Å². The number of aromatic nitrogens is 1. The van der Waals surface area contributed by atoms with Gasteiger partial charge in [0.25, 0.3) is 0 Å². The maximum Gasteiger partial charge on any atom is 0.229 e. The molecule has 3 aliphatic rings. The van der Waals surface area contributed by atoms with Crippen molar-refractivity contribution in [1.82, 2.24) is 10.3 Å². The minimum absolute atomic E-state index is 0.116. The van der Waals surface area contributed by atoms with Crippen molar-refractivity contribution >= 4 is 22.4 Å². The Hall–Kier alpha value is -1.79.